The van der Waals surface area contributed by atoms with Crippen LogP contribution in [0.3, 0.4) is 0 Å². The zero-order valence-electron chi connectivity index (χ0n) is 8.01. The third-order valence-electron chi connectivity index (χ3n) is 2.02. The Hall–Kier alpha value is -1.91. The minimum Gasteiger partial charge on any atom is -0.550 e. The molecule has 0 unspecified atom stereocenters. The number of carboxylic acids is 1. The second kappa shape index (κ2) is 5.09. The van der Waals surface area contributed by atoms with E-state index in [4.69, 9.17) is 0 Å². The molecule has 0 heterocycles. The van der Waals surface area contributed by atoms with Gasteiger partial charge in [-0.3, -0.25) is 10.1 Å². The summed E-state index contributed by atoms with van der Waals surface area (Å²) < 4.78 is 0. The van der Waals surface area contributed by atoms with Crippen molar-refractivity contribution in [2.75, 3.05) is 0 Å². The van der Waals surface area contributed by atoms with Gasteiger partial charge in [-0.1, -0.05) is 18.2 Å². The van der Waals surface area contributed by atoms with Gasteiger partial charge in [-0.15, -0.1) is 0 Å². The Morgan fingerprint density at radius 3 is 2.60 bits per heavy atom. The first-order chi connectivity index (χ1) is 7.11. The van der Waals surface area contributed by atoms with Crippen molar-refractivity contribution in [1.29, 1.82) is 0 Å². The zero-order chi connectivity index (χ0) is 11.3. The minimum absolute atomic E-state index is 0.0378. The number of benzene rings is 1. The van der Waals surface area contributed by atoms with Crippen LogP contribution < -0.4 is 5.11 Å². The van der Waals surface area contributed by atoms with E-state index in [0.29, 0.717) is 18.4 Å². The summed E-state index contributed by atoms with van der Waals surface area (Å²) in [5.41, 5.74) is 0.597. The van der Waals surface area contributed by atoms with Crippen LogP contribution in [0.2, 0.25) is 0 Å². The van der Waals surface area contributed by atoms with Crippen molar-refractivity contribution >= 4 is 11.7 Å². The summed E-state index contributed by atoms with van der Waals surface area (Å²) in [4.78, 5) is 20.3. The molecule has 0 N–H and O–H groups in total. The van der Waals surface area contributed by atoms with Crippen molar-refractivity contribution in [1.82, 2.24) is 0 Å². The molecular formula is C10H10NO4-. The van der Waals surface area contributed by atoms with Crippen LogP contribution in [0.4, 0.5) is 5.69 Å². The van der Waals surface area contributed by atoms with Gasteiger partial charge in [0.15, 0.2) is 0 Å². The van der Waals surface area contributed by atoms with Crippen LogP contribution in [0.25, 0.3) is 0 Å². The molecule has 0 aromatic heterocycles. The number of aliphatic carboxylic acids is 1. The fraction of sp³-hybridized carbons (Fsp3) is 0.300. The number of carbonyl (C=O) groups excluding carboxylic acids is 1. The van der Waals surface area contributed by atoms with Crippen molar-refractivity contribution in [3.63, 3.8) is 0 Å². The van der Waals surface area contributed by atoms with E-state index in [-0.39, 0.29) is 12.1 Å². The molecule has 0 radical (unpaired) electrons. The Kier molecular flexibility index (Phi) is 3.79. The maximum absolute atomic E-state index is 10.6. The van der Waals surface area contributed by atoms with E-state index < -0.39 is 10.9 Å². The number of rotatable bonds is 5. The standard InChI is InChI=1S/C10H11NO4/c12-10(13)7-3-5-8-4-1-2-6-9(8)11(14)15/h1-2,4,6H,3,5,7H2,(H,12,13)/p-1. The molecule has 1 rings (SSSR count). The maximum Gasteiger partial charge on any atom is 0.272 e. The van der Waals surface area contributed by atoms with Gasteiger partial charge in [0, 0.05) is 17.6 Å². The Morgan fingerprint density at radius 2 is 2.00 bits per heavy atom. The summed E-state index contributed by atoms with van der Waals surface area (Å²) in [5.74, 6) is -1.13. The average Bonchev–Trinajstić information content (AvgIpc) is 2.17. The van der Waals surface area contributed by atoms with E-state index in [9.17, 15) is 20.0 Å². The second-order valence-electron chi connectivity index (χ2n) is 3.11. The van der Waals surface area contributed by atoms with Crippen LogP contribution in [0.5, 0.6) is 0 Å². The third kappa shape index (κ3) is 3.38. The van der Waals surface area contributed by atoms with E-state index in [1.54, 1.807) is 18.2 Å². The van der Waals surface area contributed by atoms with Gasteiger partial charge in [0.25, 0.3) is 5.69 Å². The van der Waals surface area contributed by atoms with Crippen molar-refractivity contribution < 1.29 is 14.8 Å². The first-order valence-electron chi connectivity index (χ1n) is 4.53. The van der Waals surface area contributed by atoms with E-state index in [0.717, 1.165) is 0 Å². The maximum atomic E-state index is 10.6. The number of carboxylic acid groups (broad SMARTS) is 1. The number of hydrogen-bond donors (Lipinski definition) is 0. The molecule has 5 nitrogen and oxygen atoms in total. The Morgan fingerprint density at radius 1 is 1.33 bits per heavy atom. The van der Waals surface area contributed by atoms with Crippen LogP contribution >= 0.6 is 0 Å². The lowest BCUT2D eigenvalue weighted by Gasteiger charge is -2.03. The van der Waals surface area contributed by atoms with E-state index in [2.05, 4.69) is 0 Å². The molecule has 5 heteroatoms. The summed E-state index contributed by atoms with van der Waals surface area (Å²) >= 11 is 0. The molecule has 0 bridgehead atoms. The molecule has 0 saturated heterocycles. The second-order valence-corrected chi connectivity index (χ2v) is 3.11. The van der Waals surface area contributed by atoms with E-state index >= 15 is 0 Å². The summed E-state index contributed by atoms with van der Waals surface area (Å²) in [6.07, 6.45) is 0.657. The van der Waals surface area contributed by atoms with Gasteiger partial charge < -0.3 is 9.90 Å². The van der Waals surface area contributed by atoms with Crippen LogP contribution in [0.15, 0.2) is 24.3 Å². The molecule has 0 amide bonds. The zero-order valence-corrected chi connectivity index (χ0v) is 8.01. The molecular weight excluding hydrogens is 198 g/mol. The monoisotopic (exact) mass is 208 g/mol. The van der Waals surface area contributed by atoms with Crippen LogP contribution in [0, 0.1) is 10.1 Å². The van der Waals surface area contributed by atoms with Crippen molar-refractivity contribution in [2.24, 2.45) is 0 Å². The fourth-order valence-electron chi connectivity index (χ4n) is 1.32. The van der Waals surface area contributed by atoms with Gasteiger partial charge in [-0.2, -0.15) is 0 Å². The number of hydrogen-bond acceptors (Lipinski definition) is 4. The highest BCUT2D eigenvalue weighted by Crippen LogP contribution is 2.19. The summed E-state index contributed by atoms with van der Waals surface area (Å²) in [7, 11) is 0. The predicted octanol–water partition coefficient (Wildman–Crippen LogP) is 0.667. The van der Waals surface area contributed by atoms with Gasteiger partial charge in [0.05, 0.1) is 4.92 Å². The largest absolute Gasteiger partial charge is 0.550 e. The average molecular weight is 208 g/mol. The lowest BCUT2D eigenvalue weighted by atomic mass is 10.1. The number of nitrogens with zero attached hydrogens (tertiary/aromatic N) is 1. The molecule has 0 aliphatic heterocycles. The first-order valence-corrected chi connectivity index (χ1v) is 4.53. The van der Waals surface area contributed by atoms with Gasteiger partial charge >= 0.3 is 0 Å². The Bertz CT molecular complexity index is 375. The molecule has 80 valence electrons. The lowest BCUT2D eigenvalue weighted by molar-refractivity contribution is -0.385. The third-order valence-corrected chi connectivity index (χ3v) is 2.02. The van der Waals surface area contributed by atoms with Gasteiger partial charge in [0.1, 0.15) is 0 Å². The van der Waals surface area contributed by atoms with Crippen LogP contribution in [-0.2, 0) is 11.2 Å². The number of carbonyl (C=O) groups is 1. The minimum atomic E-state index is -1.13. The quantitative estimate of drug-likeness (QED) is 0.525. The first kappa shape index (κ1) is 11.2. The molecule has 1 aromatic carbocycles. The van der Waals surface area contributed by atoms with Crippen LogP contribution in [0.1, 0.15) is 18.4 Å². The fourth-order valence-corrected chi connectivity index (χ4v) is 1.32. The number of nitro benzene ring substituents is 1. The molecule has 15 heavy (non-hydrogen) atoms. The summed E-state index contributed by atoms with van der Waals surface area (Å²) in [6.45, 7) is 0. The van der Waals surface area contributed by atoms with Crippen LogP contribution in [-0.4, -0.2) is 10.9 Å². The Labute approximate surface area is 86.5 Å². The molecule has 0 saturated carbocycles. The highest BCUT2D eigenvalue weighted by molar-refractivity contribution is 5.64. The van der Waals surface area contributed by atoms with Crippen molar-refractivity contribution in [2.45, 2.75) is 19.3 Å². The highest BCUT2D eigenvalue weighted by Gasteiger charge is 2.11. The molecule has 0 aliphatic carbocycles. The highest BCUT2D eigenvalue weighted by atomic mass is 16.6. The van der Waals surface area contributed by atoms with Gasteiger partial charge in [-0.05, 0) is 19.3 Å². The summed E-state index contributed by atoms with van der Waals surface area (Å²) in [6, 6.07) is 6.32. The smallest absolute Gasteiger partial charge is 0.272 e. The van der Waals surface area contributed by atoms with Crippen molar-refractivity contribution in [3.8, 4) is 0 Å². The van der Waals surface area contributed by atoms with Crippen molar-refractivity contribution in [3.05, 3.63) is 39.9 Å². The SMILES string of the molecule is O=C([O-])CCCc1ccccc1[N+](=O)[O-]. The van der Waals surface area contributed by atoms with E-state index in [1.165, 1.54) is 6.07 Å². The predicted molar refractivity (Wildman–Crippen MR) is 51.0 cm³/mol. The van der Waals surface area contributed by atoms with E-state index in [1.807, 2.05) is 0 Å². The van der Waals surface area contributed by atoms with Gasteiger partial charge in [-0.25, -0.2) is 0 Å². The molecule has 0 spiro atoms. The molecule has 1 aromatic rings. The summed E-state index contributed by atoms with van der Waals surface area (Å²) in [5, 5.41) is 20.8. The lowest BCUT2D eigenvalue weighted by Crippen LogP contribution is -2.21. The normalized spacial score (nSPS) is 9.87. The Balaban J connectivity index is 2.67. The molecule has 0 aliphatic rings. The number of para-hydroxylation sites is 1. The molecule has 0 atom stereocenters. The number of nitro groups is 1. The molecule has 0 fully saturated rings. The number of aryl methyl sites for hydroxylation is 1. The van der Waals surface area contributed by atoms with Gasteiger partial charge in [0.2, 0.25) is 0 Å². The topological polar surface area (TPSA) is 83.3 Å².